The highest BCUT2D eigenvalue weighted by Crippen LogP contribution is 2.28. The minimum atomic E-state index is -0.106. The summed E-state index contributed by atoms with van der Waals surface area (Å²) in [5, 5.41) is 3.84. The lowest BCUT2D eigenvalue weighted by Crippen LogP contribution is -2.43. The van der Waals surface area contributed by atoms with E-state index in [1.54, 1.807) is 12.4 Å². The largest absolute Gasteiger partial charge is 0.321 e. The van der Waals surface area contributed by atoms with E-state index in [9.17, 15) is 4.79 Å². The number of thiazole rings is 1. The number of aromatic amines is 1. The van der Waals surface area contributed by atoms with Gasteiger partial charge in [-0.05, 0) is 42.3 Å². The van der Waals surface area contributed by atoms with E-state index in [4.69, 9.17) is 0 Å². The van der Waals surface area contributed by atoms with Crippen molar-refractivity contribution in [2.75, 3.05) is 33.2 Å². The fourth-order valence-electron chi connectivity index (χ4n) is 3.83. The van der Waals surface area contributed by atoms with Crippen LogP contribution in [-0.2, 0) is 6.54 Å². The SMILES string of the molecule is CN1CCN(Cc2ccc3cc(-c4csc(-c5ccncc5)n4)c(=O)[nH]c3c2)CC1. The number of hydrogen-bond donors (Lipinski definition) is 1. The quantitative estimate of drug-likeness (QED) is 0.551. The van der Waals surface area contributed by atoms with E-state index < -0.39 is 0 Å². The van der Waals surface area contributed by atoms with Crippen LogP contribution in [0.3, 0.4) is 0 Å². The number of benzene rings is 1. The number of piperazine rings is 1. The predicted molar refractivity (Wildman–Crippen MR) is 122 cm³/mol. The first-order chi connectivity index (χ1) is 14.7. The third-order valence-corrected chi connectivity index (χ3v) is 6.51. The molecule has 1 N–H and O–H groups in total. The van der Waals surface area contributed by atoms with Gasteiger partial charge in [0.25, 0.3) is 5.56 Å². The normalized spacial score (nSPS) is 15.6. The number of fused-ring (bicyclic) bond motifs is 1. The molecular formula is C23H23N5OS. The summed E-state index contributed by atoms with van der Waals surface area (Å²) in [6.07, 6.45) is 3.50. The summed E-state index contributed by atoms with van der Waals surface area (Å²) in [6, 6.07) is 12.1. The van der Waals surface area contributed by atoms with E-state index in [1.807, 2.05) is 23.6 Å². The third kappa shape index (κ3) is 3.92. The highest BCUT2D eigenvalue weighted by molar-refractivity contribution is 7.13. The van der Waals surface area contributed by atoms with Crippen LogP contribution in [-0.4, -0.2) is 58.0 Å². The number of pyridine rings is 2. The first kappa shape index (κ1) is 19.1. The van der Waals surface area contributed by atoms with Crippen molar-refractivity contribution in [2.45, 2.75) is 6.54 Å². The molecule has 0 bridgehead atoms. The van der Waals surface area contributed by atoms with Crippen LogP contribution in [0, 0.1) is 0 Å². The predicted octanol–water partition coefficient (Wildman–Crippen LogP) is 3.46. The molecule has 0 saturated carbocycles. The summed E-state index contributed by atoms with van der Waals surface area (Å²) in [5.41, 5.74) is 4.31. The van der Waals surface area contributed by atoms with Crippen LogP contribution < -0.4 is 5.56 Å². The van der Waals surface area contributed by atoms with Crippen LogP contribution >= 0.6 is 11.3 Å². The Morgan fingerprint density at radius 2 is 1.87 bits per heavy atom. The van der Waals surface area contributed by atoms with Gasteiger partial charge in [0, 0.05) is 61.6 Å². The molecule has 0 radical (unpaired) electrons. The maximum absolute atomic E-state index is 12.8. The standard InChI is InChI=1S/C23H23N5OS/c1-27-8-10-28(11-9-27)14-16-2-3-18-13-19(22(29)25-20(18)12-16)21-15-30-23(26-21)17-4-6-24-7-5-17/h2-7,12-13,15H,8-11,14H2,1H3,(H,25,29). The average molecular weight is 418 g/mol. The molecule has 0 aliphatic carbocycles. The molecule has 4 heterocycles. The molecule has 30 heavy (non-hydrogen) atoms. The van der Waals surface area contributed by atoms with Gasteiger partial charge >= 0.3 is 0 Å². The van der Waals surface area contributed by atoms with Crippen LogP contribution in [0.4, 0.5) is 0 Å². The Hall–Kier alpha value is -2.87. The second-order valence-corrected chi connectivity index (χ2v) is 8.65. The zero-order chi connectivity index (χ0) is 20.5. The third-order valence-electron chi connectivity index (χ3n) is 5.62. The van der Waals surface area contributed by atoms with Crippen molar-refractivity contribution in [1.29, 1.82) is 0 Å². The number of hydrogen-bond acceptors (Lipinski definition) is 6. The molecule has 7 heteroatoms. The second-order valence-electron chi connectivity index (χ2n) is 7.79. The number of H-pyrrole nitrogens is 1. The molecule has 1 saturated heterocycles. The number of nitrogens with one attached hydrogen (secondary N) is 1. The van der Waals surface area contributed by atoms with E-state index in [2.05, 4.69) is 50.0 Å². The van der Waals surface area contributed by atoms with Crippen LogP contribution in [0.5, 0.6) is 0 Å². The van der Waals surface area contributed by atoms with Gasteiger partial charge in [0.15, 0.2) is 0 Å². The molecule has 0 spiro atoms. The second kappa shape index (κ2) is 8.10. The van der Waals surface area contributed by atoms with Gasteiger partial charge in [-0.3, -0.25) is 14.7 Å². The van der Waals surface area contributed by atoms with Crippen molar-refractivity contribution in [1.82, 2.24) is 24.8 Å². The van der Waals surface area contributed by atoms with Crippen LogP contribution in [0.2, 0.25) is 0 Å². The molecule has 0 unspecified atom stereocenters. The van der Waals surface area contributed by atoms with E-state index >= 15 is 0 Å². The summed E-state index contributed by atoms with van der Waals surface area (Å²) in [4.78, 5) is 29.4. The highest BCUT2D eigenvalue weighted by atomic mass is 32.1. The van der Waals surface area contributed by atoms with Crippen LogP contribution in [0.25, 0.3) is 32.7 Å². The van der Waals surface area contributed by atoms with E-state index in [-0.39, 0.29) is 5.56 Å². The smallest absolute Gasteiger partial charge is 0.257 e. The number of aromatic nitrogens is 3. The Balaban J connectivity index is 1.42. The molecule has 1 fully saturated rings. The van der Waals surface area contributed by atoms with Gasteiger partial charge in [-0.1, -0.05) is 12.1 Å². The van der Waals surface area contributed by atoms with E-state index in [0.29, 0.717) is 11.3 Å². The van der Waals surface area contributed by atoms with Gasteiger partial charge in [0.2, 0.25) is 0 Å². The zero-order valence-electron chi connectivity index (χ0n) is 16.8. The molecule has 5 rings (SSSR count). The van der Waals surface area contributed by atoms with Crippen LogP contribution in [0.15, 0.2) is 59.0 Å². The van der Waals surface area contributed by atoms with E-state index in [1.165, 1.54) is 16.9 Å². The molecule has 1 aliphatic heterocycles. The fraction of sp³-hybridized carbons (Fsp3) is 0.261. The van der Waals surface area contributed by atoms with Crippen molar-refractivity contribution in [3.63, 3.8) is 0 Å². The van der Waals surface area contributed by atoms with Gasteiger partial charge in [0.1, 0.15) is 5.01 Å². The first-order valence-corrected chi connectivity index (χ1v) is 11.0. The molecule has 0 amide bonds. The van der Waals surface area contributed by atoms with Crippen LogP contribution in [0.1, 0.15) is 5.56 Å². The van der Waals surface area contributed by atoms with Crippen molar-refractivity contribution >= 4 is 22.2 Å². The molecular weight excluding hydrogens is 394 g/mol. The zero-order valence-corrected chi connectivity index (χ0v) is 17.7. The number of likely N-dealkylation sites (N-methyl/N-ethyl adjacent to an activating group) is 1. The van der Waals surface area contributed by atoms with Gasteiger partial charge in [-0.15, -0.1) is 11.3 Å². The van der Waals surface area contributed by atoms with Gasteiger partial charge in [0.05, 0.1) is 11.3 Å². The maximum Gasteiger partial charge on any atom is 0.257 e. The monoisotopic (exact) mass is 417 g/mol. The van der Waals surface area contributed by atoms with Gasteiger partial charge < -0.3 is 9.88 Å². The summed E-state index contributed by atoms with van der Waals surface area (Å²) in [5.74, 6) is 0. The summed E-state index contributed by atoms with van der Waals surface area (Å²) < 4.78 is 0. The molecule has 0 atom stereocenters. The fourth-order valence-corrected chi connectivity index (χ4v) is 4.65. The van der Waals surface area contributed by atoms with Gasteiger partial charge in [-0.2, -0.15) is 0 Å². The molecule has 152 valence electrons. The van der Waals surface area contributed by atoms with Crippen molar-refractivity contribution in [3.8, 4) is 21.8 Å². The van der Waals surface area contributed by atoms with Crippen molar-refractivity contribution in [2.24, 2.45) is 0 Å². The highest BCUT2D eigenvalue weighted by Gasteiger charge is 2.15. The van der Waals surface area contributed by atoms with Crippen molar-refractivity contribution in [3.05, 3.63) is 70.1 Å². The Kier molecular flexibility index (Phi) is 5.16. The summed E-state index contributed by atoms with van der Waals surface area (Å²) in [6.45, 7) is 5.27. The summed E-state index contributed by atoms with van der Waals surface area (Å²) in [7, 11) is 2.16. The van der Waals surface area contributed by atoms with Crippen molar-refractivity contribution < 1.29 is 0 Å². The molecule has 6 nitrogen and oxygen atoms in total. The minimum Gasteiger partial charge on any atom is -0.321 e. The van der Waals surface area contributed by atoms with Gasteiger partial charge in [-0.25, -0.2) is 4.98 Å². The number of rotatable bonds is 4. The first-order valence-electron chi connectivity index (χ1n) is 10.1. The summed E-state index contributed by atoms with van der Waals surface area (Å²) >= 11 is 1.53. The minimum absolute atomic E-state index is 0.106. The molecule has 1 aliphatic rings. The topological polar surface area (TPSA) is 65.1 Å². The lowest BCUT2D eigenvalue weighted by molar-refractivity contribution is 0.148. The average Bonchev–Trinajstić information content (AvgIpc) is 3.25. The Labute approximate surface area is 178 Å². The Bertz CT molecular complexity index is 1230. The molecule has 3 aromatic heterocycles. The molecule has 4 aromatic rings. The Morgan fingerprint density at radius 3 is 2.67 bits per heavy atom. The number of nitrogens with zero attached hydrogens (tertiary/aromatic N) is 4. The Morgan fingerprint density at radius 1 is 1.07 bits per heavy atom. The maximum atomic E-state index is 12.8. The molecule has 1 aromatic carbocycles. The van der Waals surface area contributed by atoms with E-state index in [0.717, 1.165) is 54.2 Å². The lowest BCUT2D eigenvalue weighted by Gasteiger charge is -2.32. The lowest BCUT2D eigenvalue weighted by atomic mass is 10.1.